The van der Waals surface area contributed by atoms with Gasteiger partial charge < -0.3 is 70.4 Å². The average molecular weight is 914 g/mol. The minimum Gasteiger partial charge on any atom is -0.481 e. The van der Waals surface area contributed by atoms with Gasteiger partial charge >= 0.3 is 11.9 Å². The molecule has 0 rings (SSSR count). The van der Waals surface area contributed by atoms with Crippen molar-refractivity contribution in [1.29, 1.82) is 0 Å². The molecule has 0 saturated heterocycles. The van der Waals surface area contributed by atoms with E-state index in [9.17, 15) is 67.7 Å². The number of hydrogen-bond donors (Lipinski definition) is 13. The number of nitrogens with one attached hydrogen (secondary N) is 7. The van der Waals surface area contributed by atoms with Crippen LogP contribution in [0.1, 0.15) is 106 Å². The van der Waals surface area contributed by atoms with Crippen molar-refractivity contribution >= 4 is 71.0 Å². The largest absolute Gasteiger partial charge is 0.481 e. The summed E-state index contributed by atoms with van der Waals surface area (Å²) in [4.78, 5) is 152. The Morgan fingerprint density at radius 2 is 0.766 bits per heavy atom. The van der Waals surface area contributed by atoms with Gasteiger partial charge in [0.25, 0.3) is 0 Å². The molecule has 0 aromatic carbocycles. The van der Waals surface area contributed by atoms with E-state index in [0.29, 0.717) is 0 Å². The summed E-state index contributed by atoms with van der Waals surface area (Å²) in [5, 5.41) is 35.1. The molecule has 0 bridgehead atoms. The Labute approximate surface area is 370 Å². The molecule has 25 nitrogen and oxygen atoms in total. The van der Waals surface area contributed by atoms with Crippen LogP contribution >= 0.6 is 0 Å². The monoisotopic (exact) mass is 913 g/mol. The van der Waals surface area contributed by atoms with E-state index in [1.165, 1.54) is 6.92 Å². The third kappa shape index (κ3) is 23.2. The first-order chi connectivity index (χ1) is 29.5. The summed E-state index contributed by atoms with van der Waals surface area (Å²) in [6.45, 7) is 11.5. The normalized spacial score (nSPS) is 14.9. The Morgan fingerprint density at radius 3 is 1.14 bits per heavy atom. The summed E-state index contributed by atoms with van der Waals surface area (Å²) in [5.74, 6) is -13.3. The second-order valence-corrected chi connectivity index (χ2v) is 16.6. The highest BCUT2D eigenvalue weighted by Crippen LogP contribution is 2.11. The number of nitrogens with two attached hydrogens (primary N) is 4. The smallest absolute Gasteiger partial charge is 0.326 e. The van der Waals surface area contributed by atoms with Gasteiger partial charge in [-0.05, 0) is 56.8 Å². The first-order valence-electron chi connectivity index (χ1n) is 20.7. The Bertz CT molecular complexity index is 1710. The topological polar surface area (TPSA) is 434 Å². The van der Waals surface area contributed by atoms with Gasteiger partial charge in [-0.1, -0.05) is 41.5 Å². The van der Waals surface area contributed by atoms with Crippen molar-refractivity contribution in [3.05, 3.63) is 0 Å². The Morgan fingerprint density at radius 1 is 0.422 bits per heavy atom. The minimum absolute atomic E-state index is 0.0108. The predicted molar refractivity (Wildman–Crippen MR) is 226 cm³/mol. The van der Waals surface area contributed by atoms with Crippen molar-refractivity contribution in [3.8, 4) is 0 Å². The van der Waals surface area contributed by atoms with E-state index >= 15 is 0 Å². The van der Waals surface area contributed by atoms with E-state index < -0.39 is 170 Å². The van der Waals surface area contributed by atoms with Gasteiger partial charge in [-0.3, -0.25) is 52.7 Å². The molecule has 10 amide bonds. The van der Waals surface area contributed by atoms with Crippen LogP contribution in [0.4, 0.5) is 0 Å². The Kier molecular flexibility index (Phi) is 25.5. The van der Waals surface area contributed by atoms with Gasteiger partial charge in [0.05, 0.1) is 12.5 Å². The van der Waals surface area contributed by atoms with Crippen molar-refractivity contribution in [2.24, 2.45) is 40.7 Å². The number of carbonyl (C=O) groups excluding carboxylic acids is 10. The number of amides is 10. The molecule has 362 valence electrons. The lowest BCUT2D eigenvalue weighted by Crippen LogP contribution is -2.60. The third-order valence-electron chi connectivity index (χ3n) is 9.38. The van der Waals surface area contributed by atoms with Crippen LogP contribution in [-0.4, -0.2) is 130 Å². The van der Waals surface area contributed by atoms with E-state index in [4.69, 9.17) is 22.9 Å². The number of primary amides is 3. The lowest BCUT2D eigenvalue weighted by molar-refractivity contribution is -0.142. The quantitative estimate of drug-likeness (QED) is 0.0314. The Hall–Kier alpha value is -6.40. The molecular weight excluding hydrogens is 846 g/mol. The van der Waals surface area contributed by atoms with Gasteiger partial charge in [-0.25, -0.2) is 4.79 Å². The molecule has 17 N–H and O–H groups in total. The van der Waals surface area contributed by atoms with Crippen molar-refractivity contribution in [2.45, 2.75) is 155 Å². The minimum atomic E-state index is -1.85. The first kappa shape index (κ1) is 57.6. The molecular formula is C39H67N11O14. The summed E-state index contributed by atoms with van der Waals surface area (Å²) >= 11 is 0. The molecule has 8 atom stereocenters. The summed E-state index contributed by atoms with van der Waals surface area (Å²) < 4.78 is 0. The molecule has 0 aliphatic carbocycles. The molecule has 25 heteroatoms. The van der Waals surface area contributed by atoms with Crippen LogP contribution < -0.4 is 60.2 Å². The standard InChI is InChI=1S/C39H67N11O14/c1-17(2)14-24(36(60)44-20(7)32(56)50-26(39(63)64)15-18(3)4)48-34(58)22(9-12-28(41)52)45-33(57)21(8-11-27(40)51)46-37(61)25(16-29(42)53)49-35(59)23(10-13-30(54)55)47-38(62)31(43)19(5)6/h17-26,31H,8-16,43H2,1-7H3,(H2,40,51)(H2,41,52)(H2,42,53)(H,44,60)(H,45,57)(H,46,61)(H,47,62)(H,48,58)(H,49,59)(H,50,56)(H,54,55)(H,63,64)/t20-,21-,22-,23-,24-,25-,26-,31-/m0/s1. The number of hydrogen-bond acceptors (Lipinski definition) is 13. The maximum atomic E-state index is 13.8. The van der Waals surface area contributed by atoms with Crippen LogP contribution in [0.3, 0.4) is 0 Å². The predicted octanol–water partition coefficient (Wildman–Crippen LogP) is -4.17. The fraction of sp³-hybridized carbons (Fsp3) is 0.692. The molecule has 0 spiro atoms. The highest BCUT2D eigenvalue weighted by atomic mass is 16.4. The maximum Gasteiger partial charge on any atom is 0.326 e. The molecule has 0 heterocycles. The number of carbonyl (C=O) groups is 12. The molecule has 0 aromatic heterocycles. The van der Waals surface area contributed by atoms with Crippen LogP contribution in [-0.2, 0) is 57.5 Å². The van der Waals surface area contributed by atoms with E-state index in [2.05, 4.69) is 37.2 Å². The molecule has 64 heavy (non-hydrogen) atoms. The van der Waals surface area contributed by atoms with Crippen molar-refractivity contribution in [2.75, 3.05) is 0 Å². The number of carboxylic acid groups (broad SMARTS) is 2. The highest BCUT2D eigenvalue weighted by molar-refractivity contribution is 5.99. The fourth-order valence-corrected chi connectivity index (χ4v) is 5.79. The summed E-state index contributed by atoms with van der Waals surface area (Å²) in [7, 11) is 0. The maximum absolute atomic E-state index is 13.8. The van der Waals surface area contributed by atoms with Crippen LogP contribution in [0, 0.1) is 17.8 Å². The molecule has 0 aliphatic heterocycles. The summed E-state index contributed by atoms with van der Waals surface area (Å²) in [6.07, 6.45) is -3.85. The average Bonchev–Trinajstić information content (AvgIpc) is 3.16. The van der Waals surface area contributed by atoms with Crippen molar-refractivity contribution < 1.29 is 67.7 Å². The van der Waals surface area contributed by atoms with Gasteiger partial charge in [0.2, 0.25) is 59.1 Å². The van der Waals surface area contributed by atoms with Crippen molar-refractivity contribution in [1.82, 2.24) is 37.2 Å². The van der Waals surface area contributed by atoms with E-state index in [1.807, 2.05) is 0 Å². The van der Waals surface area contributed by atoms with Gasteiger partial charge in [-0.2, -0.15) is 0 Å². The van der Waals surface area contributed by atoms with E-state index in [-0.39, 0.29) is 24.7 Å². The fourth-order valence-electron chi connectivity index (χ4n) is 5.79. The molecule has 0 aromatic rings. The second-order valence-electron chi connectivity index (χ2n) is 16.6. The SMILES string of the molecule is CC(C)C[C@H](NC(=O)[C@H](C)NC(=O)[C@H](CC(C)C)NC(=O)[C@H](CCC(N)=O)NC(=O)[C@H](CCC(N)=O)NC(=O)[C@H](CC(N)=O)NC(=O)[C@H](CCC(=O)O)NC(=O)[C@@H](N)C(C)C)C(=O)O. The summed E-state index contributed by atoms with van der Waals surface area (Å²) in [5.41, 5.74) is 21.8. The first-order valence-corrected chi connectivity index (χ1v) is 20.7. The Balaban J connectivity index is 6.55. The van der Waals surface area contributed by atoms with Crippen LogP contribution in [0.15, 0.2) is 0 Å². The van der Waals surface area contributed by atoms with Gasteiger partial charge in [0.15, 0.2) is 0 Å². The van der Waals surface area contributed by atoms with Gasteiger partial charge in [-0.15, -0.1) is 0 Å². The van der Waals surface area contributed by atoms with Crippen molar-refractivity contribution in [3.63, 3.8) is 0 Å². The molecule has 0 aliphatic rings. The van der Waals surface area contributed by atoms with E-state index in [0.717, 1.165) is 0 Å². The zero-order valence-corrected chi connectivity index (χ0v) is 37.3. The van der Waals surface area contributed by atoms with Gasteiger partial charge in [0, 0.05) is 19.3 Å². The third-order valence-corrected chi connectivity index (χ3v) is 9.38. The number of rotatable bonds is 31. The number of aliphatic carboxylic acids is 2. The zero-order chi connectivity index (χ0) is 49.6. The highest BCUT2D eigenvalue weighted by Gasteiger charge is 2.35. The number of carboxylic acids is 2. The van der Waals surface area contributed by atoms with E-state index in [1.54, 1.807) is 41.5 Å². The molecule has 0 radical (unpaired) electrons. The lowest BCUT2D eigenvalue weighted by Gasteiger charge is -2.28. The van der Waals surface area contributed by atoms with Crippen LogP contribution in [0.5, 0.6) is 0 Å². The molecule has 0 saturated carbocycles. The van der Waals surface area contributed by atoms with Crippen LogP contribution in [0.25, 0.3) is 0 Å². The second kappa shape index (κ2) is 28.3. The molecule has 0 fully saturated rings. The lowest BCUT2D eigenvalue weighted by atomic mass is 10.0. The van der Waals surface area contributed by atoms with Crippen LogP contribution in [0.2, 0.25) is 0 Å². The zero-order valence-electron chi connectivity index (χ0n) is 37.3. The molecule has 0 unspecified atom stereocenters. The summed E-state index contributed by atoms with van der Waals surface area (Å²) in [6, 6.07) is -11.8. The van der Waals surface area contributed by atoms with Gasteiger partial charge in [0.1, 0.15) is 42.3 Å².